The smallest absolute Gasteiger partial charge is 0.0431 e. The molecule has 0 aromatic heterocycles. The number of hydrogen-bond acceptors (Lipinski definition) is 3. The summed E-state index contributed by atoms with van der Waals surface area (Å²) in [5, 5.41) is 21.2. The van der Waals surface area contributed by atoms with E-state index in [0.29, 0.717) is 13.2 Å². The quantitative estimate of drug-likeness (QED) is 0.0552. The van der Waals surface area contributed by atoms with E-state index in [1.807, 2.05) is 0 Å². The SMILES string of the molecule is OCCCCCCCC/C=C\CCCCCCCCNCCCCCCCC/C=C\CCCCCCCCO. The van der Waals surface area contributed by atoms with Crippen molar-refractivity contribution < 1.29 is 10.2 Å². The Kier molecular flexibility index (Phi) is 36.7. The molecule has 0 rings (SSSR count). The van der Waals surface area contributed by atoms with Crippen LogP contribution in [0.2, 0.25) is 0 Å². The van der Waals surface area contributed by atoms with Gasteiger partial charge in [-0.2, -0.15) is 0 Å². The highest BCUT2D eigenvalue weighted by Crippen LogP contribution is 2.11. The second kappa shape index (κ2) is 37.4. The van der Waals surface area contributed by atoms with Crippen LogP contribution < -0.4 is 5.32 Å². The zero-order valence-corrected chi connectivity index (χ0v) is 26.3. The first kappa shape index (κ1) is 38.4. The van der Waals surface area contributed by atoms with Crippen molar-refractivity contribution in [3.05, 3.63) is 24.3 Å². The molecule has 0 aromatic rings. The van der Waals surface area contributed by atoms with Gasteiger partial charge in [-0.1, -0.05) is 127 Å². The molecular formula is C36H71NO2. The number of rotatable bonds is 34. The van der Waals surface area contributed by atoms with Crippen molar-refractivity contribution in [3.63, 3.8) is 0 Å². The lowest BCUT2D eigenvalue weighted by Crippen LogP contribution is -2.16. The van der Waals surface area contributed by atoms with Crippen LogP contribution in [0.1, 0.15) is 180 Å². The number of aliphatic hydroxyl groups excluding tert-OH is 2. The molecule has 3 N–H and O–H groups in total. The maximum Gasteiger partial charge on any atom is 0.0431 e. The lowest BCUT2D eigenvalue weighted by molar-refractivity contribution is 0.282. The second-order valence-corrected chi connectivity index (χ2v) is 11.8. The average molecular weight is 550 g/mol. The van der Waals surface area contributed by atoms with Gasteiger partial charge < -0.3 is 15.5 Å². The third-order valence-corrected chi connectivity index (χ3v) is 7.84. The van der Waals surface area contributed by atoms with E-state index in [0.717, 1.165) is 12.8 Å². The molecule has 0 fully saturated rings. The molecule has 0 amide bonds. The molecule has 0 unspecified atom stereocenters. The minimum absolute atomic E-state index is 0.357. The number of nitrogens with one attached hydrogen (secondary N) is 1. The van der Waals surface area contributed by atoms with Crippen molar-refractivity contribution in [1.82, 2.24) is 5.32 Å². The molecule has 0 aliphatic rings. The van der Waals surface area contributed by atoms with Gasteiger partial charge in [0.05, 0.1) is 0 Å². The van der Waals surface area contributed by atoms with E-state index in [9.17, 15) is 0 Å². The fourth-order valence-electron chi connectivity index (χ4n) is 5.20. The van der Waals surface area contributed by atoms with Crippen molar-refractivity contribution in [2.45, 2.75) is 180 Å². The highest BCUT2D eigenvalue weighted by Gasteiger charge is 1.95. The molecule has 232 valence electrons. The molecule has 3 nitrogen and oxygen atoms in total. The summed E-state index contributed by atoms with van der Waals surface area (Å²) in [6, 6.07) is 0. The minimum Gasteiger partial charge on any atom is -0.396 e. The van der Waals surface area contributed by atoms with Gasteiger partial charge in [-0.25, -0.2) is 0 Å². The van der Waals surface area contributed by atoms with Crippen LogP contribution in [0.15, 0.2) is 24.3 Å². The van der Waals surface area contributed by atoms with Crippen LogP contribution in [-0.2, 0) is 0 Å². The van der Waals surface area contributed by atoms with Gasteiger partial charge in [0, 0.05) is 13.2 Å². The van der Waals surface area contributed by atoms with Crippen LogP contribution in [0.25, 0.3) is 0 Å². The molecule has 39 heavy (non-hydrogen) atoms. The van der Waals surface area contributed by atoms with Gasteiger partial charge in [0.2, 0.25) is 0 Å². The predicted octanol–water partition coefficient (Wildman–Crippen LogP) is 10.6. The van der Waals surface area contributed by atoms with Crippen molar-refractivity contribution in [1.29, 1.82) is 0 Å². The average Bonchev–Trinajstić information content (AvgIpc) is 2.95. The Morgan fingerprint density at radius 1 is 0.282 bits per heavy atom. The molecule has 0 aliphatic carbocycles. The van der Waals surface area contributed by atoms with Gasteiger partial charge in [-0.3, -0.25) is 0 Å². The molecule has 3 heteroatoms. The van der Waals surface area contributed by atoms with Gasteiger partial charge >= 0.3 is 0 Å². The molecule has 0 aromatic carbocycles. The summed E-state index contributed by atoms with van der Waals surface area (Å²) in [6.07, 6.45) is 46.2. The van der Waals surface area contributed by atoms with E-state index in [-0.39, 0.29) is 0 Å². The lowest BCUT2D eigenvalue weighted by atomic mass is 10.1. The molecular weight excluding hydrogens is 478 g/mol. The maximum absolute atomic E-state index is 8.77. The number of hydrogen-bond donors (Lipinski definition) is 3. The van der Waals surface area contributed by atoms with Crippen LogP contribution in [0.5, 0.6) is 0 Å². The number of allylic oxidation sites excluding steroid dienone is 4. The van der Waals surface area contributed by atoms with E-state index < -0.39 is 0 Å². The first-order valence-corrected chi connectivity index (χ1v) is 17.6. The zero-order chi connectivity index (χ0) is 28.2. The van der Waals surface area contributed by atoms with Crippen LogP contribution in [-0.4, -0.2) is 36.5 Å². The van der Waals surface area contributed by atoms with Crippen molar-refractivity contribution >= 4 is 0 Å². The Morgan fingerprint density at radius 2 is 0.513 bits per heavy atom. The molecule has 0 radical (unpaired) electrons. The van der Waals surface area contributed by atoms with E-state index in [1.54, 1.807) is 0 Å². The summed E-state index contributed by atoms with van der Waals surface area (Å²) in [5.74, 6) is 0. The number of unbranched alkanes of at least 4 members (excludes halogenated alkanes) is 24. The van der Waals surface area contributed by atoms with E-state index in [2.05, 4.69) is 29.6 Å². The normalized spacial score (nSPS) is 11.9. The Morgan fingerprint density at radius 3 is 0.795 bits per heavy atom. The van der Waals surface area contributed by atoms with Crippen LogP contribution in [0.3, 0.4) is 0 Å². The molecule has 0 aliphatic heterocycles. The summed E-state index contributed by atoms with van der Waals surface area (Å²) < 4.78 is 0. The Hall–Kier alpha value is -0.640. The third-order valence-electron chi connectivity index (χ3n) is 7.84. The zero-order valence-electron chi connectivity index (χ0n) is 26.3. The Labute approximate surface area is 245 Å². The summed E-state index contributed by atoms with van der Waals surface area (Å²) in [5.41, 5.74) is 0. The second-order valence-electron chi connectivity index (χ2n) is 11.8. The van der Waals surface area contributed by atoms with Crippen molar-refractivity contribution in [2.24, 2.45) is 0 Å². The summed E-state index contributed by atoms with van der Waals surface area (Å²) in [7, 11) is 0. The van der Waals surface area contributed by atoms with Crippen LogP contribution >= 0.6 is 0 Å². The standard InChI is InChI=1S/C36H71NO2/c38-35-31-27-23-19-15-11-7-3-1-5-9-13-17-21-25-29-33-37-34-30-26-22-18-14-10-6-2-4-8-12-16-20-24-28-32-36-39/h1-4,37-39H,5-36H2/b3-1-,4-2-. The van der Waals surface area contributed by atoms with Gasteiger partial charge in [0.15, 0.2) is 0 Å². The summed E-state index contributed by atoms with van der Waals surface area (Å²) in [6.45, 7) is 3.13. The third kappa shape index (κ3) is 37.4. The maximum atomic E-state index is 8.77. The fraction of sp³-hybridized carbons (Fsp3) is 0.889. The van der Waals surface area contributed by atoms with Crippen LogP contribution in [0.4, 0.5) is 0 Å². The largest absolute Gasteiger partial charge is 0.396 e. The van der Waals surface area contributed by atoms with Gasteiger partial charge in [0.25, 0.3) is 0 Å². The Balaban J connectivity index is 3.10. The van der Waals surface area contributed by atoms with E-state index in [1.165, 1.54) is 180 Å². The molecule has 0 saturated carbocycles. The molecule has 0 saturated heterocycles. The minimum atomic E-state index is 0.357. The van der Waals surface area contributed by atoms with Gasteiger partial charge in [-0.15, -0.1) is 0 Å². The van der Waals surface area contributed by atoms with Crippen LogP contribution in [0, 0.1) is 0 Å². The summed E-state index contributed by atoms with van der Waals surface area (Å²) in [4.78, 5) is 0. The monoisotopic (exact) mass is 550 g/mol. The highest BCUT2D eigenvalue weighted by molar-refractivity contribution is 4.82. The van der Waals surface area contributed by atoms with Crippen molar-refractivity contribution in [3.8, 4) is 0 Å². The first-order chi connectivity index (χ1) is 19.4. The molecule has 0 heterocycles. The van der Waals surface area contributed by atoms with E-state index in [4.69, 9.17) is 10.2 Å². The van der Waals surface area contributed by atoms with Gasteiger partial charge in [-0.05, 0) is 90.1 Å². The summed E-state index contributed by atoms with van der Waals surface area (Å²) >= 11 is 0. The number of aliphatic hydroxyl groups is 2. The molecule has 0 atom stereocenters. The van der Waals surface area contributed by atoms with Gasteiger partial charge in [0.1, 0.15) is 0 Å². The molecule has 0 bridgehead atoms. The topological polar surface area (TPSA) is 52.5 Å². The van der Waals surface area contributed by atoms with Crippen molar-refractivity contribution in [2.75, 3.05) is 26.3 Å². The Bertz CT molecular complexity index is 435. The molecule has 0 spiro atoms. The highest BCUT2D eigenvalue weighted by atomic mass is 16.3. The lowest BCUT2D eigenvalue weighted by Gasteiger charge is -2.05. The van der Waals surface area contributed by atoms with E-state index >= 15 is 0 Å². The fourth-order valence-corrected chi connectivity index (χ4v) is 5.20. The predicted molar refractivity (Wildman–Crippen MR) is 175 cm³/mol. The first-order valence-electron chi connectivity index (χ1n) is 17.6.